The number of nitrogens with one attached hydrogen (secondary N) is 2. The first-order valence-corrected chi connectivity index (χ1v) is 6.78. The third-order valence-electron chi connectivity index (χ3n) is 2.26. The van der Waals surface area contributed by atoms with Crippen molar-refractivity contribution in [2.24, 2.45) is 0 Å². The van der Waals surface area contributed by atoms with Crippen molar-refractivity contribution in [3.63, 3.8) is 0 Å². The molecule has 0 fully saturated rings. The fraction of sp³-hybridized carbons (Fsp3) is 0. The fourth-order valence-corrected chi connectivity index (χ4v) is 2.01. The van der Waals surface area contributed by atoms with E-state index in [1.807, 2.05) is 6.07 Å². The number of para-hydroxylation sites is 1. The van der Waals surface area contributed by atoms with Crippen LogP contribution in [0, 0.1) is 11.3 Å². The lowest BCUT2D eigenvalue weighted by Gasteiger charge is -2.05. The molecule has 2 aromatic rings. The van der Waals surface area contributed by atoms with Crippen molar-refractivity contribution >= 4 is 39.7 Å². The maximum absolute atomic E-state index is 11.9. The van der Waals surface area contributed by atoms with Gasteiger partial charge in [0.25, 0.3) is 5.91 Å². The standard InChI is InChI=1S/C13H9ClN4OS/c14-10-3-1-2-4-11(10)18-12(19)9(7-15)8-17-13-16-5-6-20-13/h1-6,8H,(H,16,17)(H,18,19)/b9-8-. The zero-order valence-electron chi connectivity index (χ0n) is 10.1. The molecule has 0 unspecified atom stereocenters. The number of anilines is 2. The van der Waals surface area contributed by atoms with Crippen LogP contribution in [0.2, 0.25) is 5.02 Å². The topological polar surface area (TPSA) is 77.8 Å². The van der Waals surface area contributed by atoms with Crippen LogP contribution in [0.25, 0.3) is 0 Å². The summed E-state index contributed by atoms with van der Waals surface area (Å²) in [6, 6.07) is 8.63. The molecule has 100 valence electrons. The summed E-state index contributed by atoms with van der Waals surface area (Å²) < 4.78 is 0. The predicted molar refractivity (Wildman–Crippen MR) is 79.5 cm³/mol. The van der Waals surface area contributed by atoms with Crippen molar-refractivity contribution in [2.75, 3.05) is 10.6 Å². The van der Waals surface area contributed by atoms with E-state index in [9.17, 15) is 4.79 Å². The summed E-state index contributed by atoms with van der Waals surface area (Å²) >= 11 is 7.30. The minimum Gasteiger partial charge on any atom is -0.337 e. The Hall–Kier alpha value is -2.36. The molecule has 7 heteroatoms. The molecular weight excluding hydrogens is 296 g/mol. The Kier molecular flexibility index (Phi) is 4.71. The van der Waals surface area contributed by atoms with Crippen LogP contribution >= 0.6 is 22.9 Å². The summed E-state index contributed by atoms with van der Waals surface area (Å²) in [5.41, 5.74) is 0.384. The summed E-state index contributed by atoms with van der Waals surface area (Å²) in [5.74, 6) is -0.537. The average molecular weight is 305 g/mol. The largest absolute Gasteiger partial charge is 0.337 e. The summed E-state index contributed by atoms with van der Waals surface area (Å²) in [7, 11) is 0. The van der Waals surface area contributed by atoms with Gasteiger partial charge in [0.1, 0.15) is 11.6 Å². The second-order valence-electron chi connectivity index (χ2n) is 3.59. The van der Waals surface area contributed by atoms with Gasteiger partial charge in [-0.3, -0.25) is 4.79 Å². The molecular formula is C13H9ClN4OS. The number of rotatable bonds is 4. The number of amides is 1. The van der Waals surface area contributed by atoms with Gasteiger partial charge in [-0.05, 0) is 12.1 Å². The van der Waals surface area contributed by atoms with Crippen LogP contribution in [-0.2, 0) is 4.79 Å². The van der Waals surface area contributed by atoms with E-state index in [2.05, 4.69) is 15.6 Å². The van der Waals surface area contributed by atoms with Gasteiger partial charge in [-0.1, -0.05) is 23.7 Å². The number of aromatic nitrogens is 1. The Morgan fingerprint density at radius 1 is 1.45 bits per heavy atom. The molecule has 0 aliphatic rings. The van der Waals surface area contributed by atoms with Gasteiger partial charge in [-0.15, -0.1) is 11.3 Å². The molecule has 1 aromatic heterocycles. The molecule has 0 saturated carbocycles. The SMILES string of the molecule is N#C/C(=C/Nc1nccs1)C(=O)Nc1ccccc1Cl. The second-order valence-corrected chi connectivity index (χ2v) is 4.89. The van der Waals surface area contributed by atoms with Crippen molar-refractivity contribution < 1.29 is 4.79 Å². The van der Waals surface area contributed by atoms with Gasteiger partial charge in [0.2, 0.25) is 0 Å². The van der Waals surface area contributed by atoms with Gasteiger partial charge in [-0.25, -0.2) is 4.98 Å². The molecule has 20 heavy (non-hydrogen) atoms. The molecule has 0 saturated heterocycles. The maximum atomic E-state index is 11.9. The highest BCUT2D eigenvalue weighted by atomic mass is 35.5. The van der Waals surface area contributed by atoms with Crippen LogP contribution in [0.5, 0.6) is 0 Å². The molecule has 1 amide bonds. The quantitative estimate of drug-likeness (QED) is 0.671. The normalized spacial score (nSPS) is 10.7. The summed E-state index contributed by atoms with van der Waals surface area (Å²) in [5, 5.41) is 17.2. The minimum absolute atomic E-state index is 0.0693. The number of nitriles is 1. The average Bonchev–Trinajstić information content (AvgIpc) is 2.95. The highest BCUT2D eigenvalue weighted by molar-refractivity contribution is 7.13. The number of nitrogens with zero attached hydrogens (tertiary/aromatic N) is 2. The van der Waals surface area contributed by atoms with E-state index < -0.39 is 5.91 Å². The van der Waals surface area contributed by atoms with Crippen LogP contribution in [0.3, 0.4) is 0 Å². The van der Waals surface area contributed by atoms with Gasteiger partial charge in [0, 0.05) is 17.8 Å². The molecule has 1 heterocycles. The van der Waals surface area contributed by atoms with Gasteiger partial charge in [-0.2, -0.15) is 5.26 Å². The van der Waals surface area contributed by atoms with E-state index in [0.29, 0.717) is 15.8 Å². The minimum atomic E-state index is -0.537. The number of benzene rings is 1. The summed E-state index contributed by atoms with van der Waals surface area (Å²) in [4.78, 5) is 15.9. The molecule has 5 nitrogen and oxygen atoms in total. The van der Waals surface area contributed by atoms with Crippen molar-refractivity contribution in [1.82, 2.24) is 4.98 Å². The number of carbonyl (C=O) groups is 1. The van der Waals surface area contributed by atoms with E-state index in [4.69, 9.17) is 16.9 Å². The Morgan fingerprint density at radius 3 is 2.90 bits per heavy atom. The fourth-order valence-electron chi connectivity index (χ4n) is 1.33. The summed E-state index contributed by atoms with van der Waals surface area (Å²) in [6.45, 7) is 0. The first-order valence-electron chi connectivity index (χ1n) is 5.53. The van der Waals surface area contributed by atoms with Crippen molar-refractivity contribution in [3.05, 3.63) is 52.6 Å². The highest BCUT2D eigenvalue weighted by Gasteiger charge is 2.11. The molecule has 0 bridgehead atoms. The lowest BCUT2D eigenvalue weighted by Crippen LogP contribution is -2.14. The third kappa shape index (κ3) is 3.57. The Labute approximate surface area is 124 Å². The first-order chi connectivity index (χ1) is 9.70. The second kappa shape index (κ2) is 6.70. The van der Waals surface area contributed by atoms with Gasteiger partial charge in [0.05, 0.1) is 10.7 Å². The van der Waals surface area contributed by atoms with Gasteiger partial charge in [0.15, 0.2) is 5.13 Å². The molecule has 0 aliphatic heterocycles. The molecule has 0 aliphatic carbocycles. The smallest absolute Gasteiger partial charge is 0.267 e. The van der Waals surface area contributed by atoms with Crippen LogP contribution in [0.1, 0.15) is 0 Å². The van der Waals surface area contributed by atoms with Gasteiger partial charge >= 0.3 is 0 Å². The van der Waals surface area contributed by atoms with Crippen LogP contribution in [0.4, 0.5) is 10.8 Å². The number of halogens is 1. The number of hydrogen-bond donors (Lipinski definition) is 2. The third-order valence-corrected chi connectivity index (χ3v) is 3.29. The van der Waals surface area contributed by atoms with E-state index >= 15 is 0 Å². The Balaban J connectivity index is 2.08. The zero-order chi connectivity index (χ0) is 14.4. The van der Waals surface area contributed by atoms with E-state index in [1.165, 1.54) is 17.5 Å². The van der Waals surface area contributed by atoms with E-state index in [-0.39, 0.29) is 5.57 Å². The maximum Gasteiger partial charge on any atom is 0.267 e. The Morgan fingerprint density at radius 2 is 2.25 bits per heavy atom. The highest BCUT2D eigenvalue weighted by Crippen LogP contribution is 2.21. The van der Waals surface area contributed by atoms with Crippen LogP contribution in [-0.4, -0.2) is 10.9 Å². The number of thiazole rings is 1. The van der Waals surface area contributed by atoms with Crippen molar-refractivity contribution in [1.29, 1.82) is 5.26 Å². The van der Waals surface area contributed by atoms with Crippen molar-refractivity contribution in [3.8, 4) is 6.07 Å². The molecule has 2 rings (SSSR count). The zero-order valence-corrected chi connectivity index (χ0v) is 11.7. The summed E-state index contributed by atoms with van der Waals surface area (Å²) in [6.07, 6.45) is 2.93. The first kappa shape index (κ1) is 14.1. The monoisotopic (exact) mass is 304 g/mol. The molecule has 0 atom stereocenters. The van der Waals surface area contributed by atoms with E-state index in [0.717, 1.165) is 0 Å². The van der Waals surface area contributed by atoms with Crippen molar-refractivity contribution in [2.45, 2.75) is 0 Å². The van der Waals surface area contributed by atoms with Gasteiger partial charge < -0.3 is 10.6 Å². The lowest BCUT2D eigenvalue weighted by atomic mass is 10.2. The number of carbonyl (C=O) groups excluding carboxylic acids is 1. The molecule has 0 radical (unpaired) electrons. The number of hydrogen-bond acceptors (Lipinski definition) is 5. The molecule has 2 N–H and O–H groups in total. The van der Waals surface area contributed by atoms with Crippen LogP contribution < -0.4 is 10.6 Å². The molecule has 1 aromatic carbocycles. The Bertz CT molecular complexity index is 676. The molecule has 0 spiro atoms. The lowest BCUT2D eigenvalue weighted by molar-refractivity contribution is -0.112. The van der Waals surface area contributed by atoms with E-state index in [1.54, 1.807) is 35.8 Å². The predicted octanol–water partition coefficient (Wildman–Crippen LogP) is 3.25. The van der Waals surface area contributed by atoms with Crippen LogP contribution in [0.15, 0.2) is 47.6 Å².